The number of carbonyl (C=O) groups is 4. The van der Waals surface area contributed by atoms with Gasteiger partial charge in [0, 0.05) is 6.92 Å². The van der Waals surface area contributed by atoms with Gasteiger partial charge in [0.05, 0.1) is 13.0 Å². The monoisotopic (exact) mass is 261 g/mol. The van der Waals surface area contributed by atoms with E-state index in [-0.39, 0.29) is 6.61 Å². The third-order valence-electron chi connectivity index (χ3n) is 1.72. The third kappa shape index (κ3) is 7.20. The maximum absolute atomic E-state index is 11.2. The van der Waals surface area contributed by atoms with E-state index in [1.165, 1.54) is 0 Å². The first-order valence-corrected chi connectivity index (χ1v) is 5.18. The second-order valence-electron chi connectivity index (χ2n) is 3.25. The van der Waals surface area contributed by atoms with Gasteiger partial charge in [-0.25, -0.2) is 4.79 Å². The molecule has 0 aliphatic carbocycles. The van der Waals surface area contributed by atoms with Crippen LogP contribution in [0.3, 0.4) is 0 Å². The van der Waals surface area contributed by atoms with Crippen LogP contribution in [0.5, 0.6) is 0 Å². The number of carboxylic acids is 1. The van der Waals surface area contributed by atoms with Gasteiger partial charge >= 0.3 is 17.9 Å². The second-order valence-corrected chi connectivity index (χ2v) is 3.25. The number of ether oxygens (including phenoxy) is 2. The van der Waals surface area contributed by atoms with Crippen LogP contribution in [0, 0.1) is 0 Å². The molecule has 0 rings (SSSR count). The summed E-state index contributed by atoms with van der Waals surface area (Å²) < 4.78 is 8.94. The van der Waals surface area contributed by atoms with Crippen molar-refractivity contribution in [3.05, 3.63) is 0 Å². The average molecular weight is 261 g/mol. The molecule has 0 spiro atoms. The van der Waals surface area contributed by atoms with Crippen LogP contribution in [0.15, 0.2) is 0 Å². The topological polar surface area (TPSA) is 119 Å². The van der Waals surface area contributed by atoms with Gasteiger partial charge in [-0.15, -0.1) is 0 Å². The minimum Gasteiger partial charge on any atom is -0.480 e. The summed E-state index contributed by atoms with van der Waals surface area (Å²) in [5.74, 6) is -3.58. The first-order chi connectivity index (χ1) is 8.36. The fraction of sp³-hybridized carbons (Fsp3) is 0.600. The summed E-state index contributed by atoms with van der Waals surface area (Å²) >= 11 is 0. The summed E-state index contributed by atoms with van der Waals surface area (Å²) in [7, 11) is 0. The summed E-state index contributed by atoms with van der Waals surface area (Å²) in [4.78, 5) is 43.5. The Balaban J connectivity index is 4.27. The highest BCUT2D eigenvalue weighted by Gasteiger charge is 2.24. The molecule has 18 heavy (non-hydrogen) atoms. The van der Waals surface area contributed by atoms with Gasteiger partial charge in [-0.3, -0.25) is 14.4 Å². The van der Waals surface area contributed by atoms with Crippen molar-refractivity contribution in [2.45, 2.75) is 26.3 Å². The number of hydrogen-bond donors (Lipinski definition) is 2. The summed E-state index contributed by atoms with van der Waals surface area (Å²) in [6.07, 6.45) is -0.491. The highest BCUT2D eigenvalue weighted by atomic mass is 16.5. The molecule has 0 saturated heterocycles. The van der Waals surface area contributed by atoms with Gasteiger partial charge in [0.25, 0.3) is 5.91 Å². The second kappa shape index (κ2) is 8.04. The highest BCUT2D eigenvalue weighted by molar-refractivity contribution is 5.88. The van der Waals surface area contributed by atoms with Crippen molar-refractivity contribution in [1.29, 1.82) is 0 Å². The lowest BCUT2D eigenvalue weighted by atomic mass is 10.2. The van der Waals surface area contributed by atoms with Gasteiger partial charge in [0.2, 0.25) is 0 Å². The third-order valence-corrected chi connectivity index (χ3v) is 1.72. The van der Waals surface area contributed by atoms with Crippen LogP contribution in [-0.2, 0) is 28.7 Å². The summed E-state index contributed by atoms with van der Waals surface area (Å²) in [5, 5.41) is 10.8. The molecule has 0 radical (unpaired) electrons. The molecule has 0 saturated carbocycles. The number of amides is 1. The number of rotatable bonds is 7. The fourth-order valence-electron chi connectivity index (χ4n) is 0.990. The Labute approximate surface area is 103 Å². The Morgan fingerprint density at radius 3 is 2.28 bits per heavy atom. The lowest BCUT2D eigenvalue weighted by Crippen LogP contribution is -2.44. The van der Waals surface area contributed by atoms with Crippen molar-refractivity contribution in [2.75, 3.05) is 13.2 Å². The number of nitrogens with one attached hydrogen (secondary N) is 1. The van der Waals surface area contributed by atoms with Crippen LogP contribution in [0.2, 0.25) is 0 Å². The quantitative estimate of drug-likeness (QED) is 0.568. The zero-order chi connectivity index (χ0) is 14.1. The summed E-state index contributed by atoms with van der Waals surface area (Å²) in [6.45, 7) is 2.21. The van der Waals surface area contributed by atoms with Crippen molar-refractivity contribution in [3.8, 4) is 0 Å². The molecule has 8 nitrogen and oxygen atoms in total. The number of carbonyl (C=O) groups excluding carboxylic acids is 3. The lowest BCUT2D eigenvalue weighted by molar-refractivity contribution is -0.152. The highest BCUT2D eigenvalue weighted by Crippen LogP contribution is 1.96. The molecule has 102 valence electrons. The predicted octanol–water partition coefficient (Wildman–Crippen LogP) is -0.928. The molecule has 1 atom stereocenters. The predicted molar refractivity (Wildman–Crippen MR) is 57.4 cm³/mol. The first kappa shape index (κ1) is 15.9. The van der Waals surface area contributed by atoms with Gasteiger partial charge in [-0.05, 0) is 6.92 Å². The van der Waals surface area contributed by atoms with E-state index in [1.54, 1.807) is 6.92 Å². The Morgan fingerprint density at radius 2 is 1.83 bits per heavy atom. The van der Waals surface area contributed by atoms with Crippen LogP contribution in [-0.4, -0.2) is 48.2 Å². The zero-order valence-electron chi connectivity index (χ0n) is 10.1. The van der Waals surface area contributed by atoms with Gasteiger partial charge < -0.3 is 19.9 Å². The average Bonchev–Trinajstić information content (AvgIpc) is 2.25. The van der Waals surface area contributed by atoms with Gasteiger partial charge in [0.15, 0.2) is 6.61 Å². The van der Waals surface area contributed by atoms with E-state index in [2.05, 4.69) is 9.47 Å². The standard InChI is InChI=1S/C10H15NO7/c1-3-17-9(14)4-7(10(15)16)11-8(13)5-18-6(2)12/h7H,3-5H2,1-2H3,(H,11,13)(H,15,16)/t7-/m0/s1. The van der Waals surface area contributed by atoms with Crippen molar-refractivity contribution in [2.24, 2.45) is 0 Å². The molecule has 0 fully saturated rings. The fourth-order valence-corrected chi connectivity index (χ4v) is 0.990. The van der Waals surface area contributed by atoms with Gasteiger partial charge in [0.1, 0.15) is 6.04 Å². The molecule has 0 aromatic rings. The van der Waals surface area contributed by atoms with Crippen molar-refractivity contribution < 1.29 is 33.8 Å². The van der Waals surface area contributed by atoms with Gasteiger partial charge in [-0.1, -0.05) is 0 Å². The van der Waals surface area contributed by atoms with E-state index in [0.29, 0.717) is 0 Å². The minimum absolute atomic E-state index is 0.118. The van der Waals surface area contributed by atoms with Crippen molar-refractivity contribution in [1.82, 2.24) is 5.32 Å². The van der Waals surface area contributed by atoms with E-state index in [9.17, 15) is 19.2 Å². The minimum atomic E-state index is -1.41. The molecule has 8 heteroatoms. The van der Waals surface area contributed by atoms with Crippen LogP contribution < -0.4 is 5.32 Å². The van der Waals surface area contributed by atoms with Crippen LogP contribution in [0.4, 0.5) is 0 Å². The maximum atomic E-state index is 11.2. The Morgan fingerprint density at radius 1 is 1.22 bits per heavy atom. The van der Waals surface area contributed by atoms with E-state index in [4.69, 9.17) is 5.11 Å². The molecule has 0 aromatic heterocycles. The van der Waals surface area contributed by atoms with Crippen molar-refractivity contribution >= 4 is 23.8 Å². The van der Waals surface area contributed by atoms with Gasteiger partial charge in [-0.2, -0.15) is 0 Å². The molecular weight excluding hydrogens is 246 g/mol. The zero-order valence-corrected chi connectivity index (χ0v) is 10.1. The van der Waals surface area contributed by atoms with Crippen LogP contribution >= 0.6 is 0 Å². The molecule has 0 aromatic carbocycles. The Kier molecular flexibility index (Phi) is 7.10. The summed E-state index contributed by atoms with van der Waals surface area (Å²) in [5.41, 5.74) is 0. The van der Waals surface area contributed by atoms with Crippen LogP contribution in [0.1, 0.15) is 20.3 Å². The largest absolute Gasteiger partial charge is 0.480 e. The van der Waals surface area contributed by atoms with E-state index >= 15 is 0 Å². The van der Waals surface area contributed by atoms with E-state index < -0.39 is 42.9 Å². The normalized spacial score (nSPS) is 11.2. The smallest absolute Gasteiger partial charge is 0.326 e. The molecule has 0 heterocycles. The number of esters is 2. The Hall–Kier alpha value is -2.12. The summed E-state index contributed by atoms with van der Waals surface area (Å²) in [6, 6.07) is -1.41. The molecule has 1 amide bonds. The number of aliphatic carboxylic acids is 1. The number of carboxylic acid groups (broad SMARTS) is 1. The molecule has 0 unspecified atom stereocenters. The maximum Gasteiger partial charge on any atom is 0.326 e. The molecule has 0 bridgehead atoms. The SMILES string of the molecule is CCOC(=O)C[C@H](NC(=O)COC(C)=O)C(=O)O. The molecule has 0 aliphatic rings. The lowest BCUT2D eigenvalue weighted by Gasteiger charge is -2.13. The molecule has 2 N–H and O–H groups in total. The van der Waals surface area contributed by atoms with E-state index in [0.717, 1.165) is 6.92 Å². The first-order valence-electron chi connectivity index (χ1n) is 5.18. The Bertz CT molecular complexity index is 339. The van der Waals surface area contributed by atoms with Crippen LogP contribution in [0.25, 0.3) is 0 Å². The van der Waals surface area contributed by atoms with Crippen molar-refractivity contribution in [3.63, 3.8) is 0 Å². The number of hydrogen-bond acceptors (Lipinski definition) is 6. The molecule has 0 aliphatic heterocycles. The van der Waals surface area contributed by atoms with E-state index in [1.807, 2.05) is 5.32 Å². The molecular formula is C10H15NO7.